The van der Waals surface area contributed by atoms with Crippen molar-refractivity contribution >= 4 is 57.5 Å². The molecule has 1 fully saturated rings. The first-order chi connectivity index (χ1) is 12.3. The van der Waals surface area contributed by atoms with Gasteiger partial charge >= 0.3 is 5.97 Å². The van der Waals surface area contributed by atoms with Gasteiger partial charge in [-0.05, 0) is 72.0 Å². The highest BCUT2D eigenvalue weighted by atomic mass is 127. The van der Waals surface area contributed by atoms with Crippen LogP contribution in [0.2, 0.25) is 0 Å². The van der Waals surface area contributed by atoms with E-state index in [2.05, 4.69) is 27.3 Å². The number of imide groups is 1. The number of ether oxygens (including phenoxy) is 3. The predicted molar refractivity (Wildman–Crippen MR) is 106 cm³/mol. The highest BCUT2D eigenvalue weighted by molar-refractivity contribution is 14.1. The number of benzene rings is 1. The molecule has 1 unspecified atom stereocenters. The number of carbonyl (C=O) groups is 3. The van der Waals surface area contributed by atoms with Crippen LogP contribution in [-0.2, 0) is 14.3 Å². The van der Waals surface area contributed by atoms with Crippen molar-refractivity contribution in [2.24, 2.45) is 0 Å². The van der Waals surface area contributed by atoms with Crippen molar-refractivity contribution in [1.29, 1.82) is 0 Å². The highest BCUT2D eigenvalue weighted by Crippen LogP contribution is 2.37. The van der Waals surface area contributed by atoms with Crippen molar-refractivity contribution < 1.29 is 28.6 Å². The minimum atomic E-state index is -0.978. The third-order valence-electron chi connectivity index (χ3n) is 3.59. The Morgan fingerprint density at radius 2 is 2.04 bits per heavy atom. The topological polar surface area (TPSA) is 82.1 Å². The highest BCUT2D eigenvalue weighted by Gasteiger charge is 2.41. The Hall–Kier alpha value is -1.75. The Balaban J connectivity index is 2.37. The van der Waals surface area contributed by atoms with Gasteiger partial charge in [-0.3, -0.25) is 14.5 Å². The molecule has 26 heavy (non-hydrogen) atoms. The maximum atomic E-state index is 12.6. The van der Waals surface area contributed by atoms with E-state index in [4.69, 9.17) is 9.47 Å². The number of amides is 2. The molecule has 0 radical (unpaired) electrons. The van der Waals surface area contributed by atoms with E-state index in [1.54, 1.807) is 19.3 Å². The number of hydrogen-bond donors (Lipinski definition) is 0. The lowest BCUT2D eigenvalue weighted by Gasteiger charge is -2.18. The van der Waals surface area contributed by atoms with E-state index in [0.717, 1.165) is 20.2 Å². The molecule has 0 aliphatic carbocycles. The molecule has 0 aromatic heterocycles. The van der Waals surface area contributed by atoms with Gasteiger partial charge in [0, 0.05) is 0 Å². The molecule has 0 spiro atoms. The van der Waals surface area contributed by atoms with Gasteiger partial charge < -0.3 is 14.2 Å². The number of thioether (sulfide) groups is 1. The molecule has 2 amide bonds. The summed E-state index contributed by atoms with van der Waals surface area (Å²) >= 11 is 2.90. The largest absolute Gasteiger partial charge is 0.492 e. The first-order valence-corrected chi connectivity index (χ1v) is 9.58. The number of rotatable bonds is 6. The molecular weight excluding hydrogens is 473 g/mol. The summed E-state index contributed by atoms with van der Waals surface area (Å²) in [5.74, 6) is -0.0137. The fourth-order valence-corrected chi connectivity index (χ4v) is 4.13. The van der Waals surface area contributed by atoms with Crippen LogP contribution in [-0.4, -0.2) is 48.9 Å². The lowest BCUT2D eigenvalue weighted by atomic mass is 10.1. The minimum absolute atomic E-state index is 0.231. The summed E-state index contributed by atoms with van der Waals surface area (Å²) in [5, 5.41) is -0.507. The van der Waals surface area contributed by atoms with Crippen molar-refractivity contribution in [3.05, 3.63) is 26.2 Å². The molecule has 0 saturated carbocycles. The van der Waals surface area contributed by atoms with Crippen molar-refractivity contribution in [3.63, 3.8) is 0 Å². The summed E-state index contributed by atoms with van der Waals surface area (Å²) in [6.07, 6.45) is 1.60. The van der Waals surface area contributed by atoms with Crippen molar-refractivity contribution in [2.45, 2.75) is 19.9 Å². The van der Waals surface area contributed by atoms with Gasteiger partial charge in [0.25, 0.3) is 11.1 Å². The van der Waals surface area contributed by atoms with Gasteiger partial charge in [0.2, 0.25) is 0 Å². The van der Waals surface area contributed by atoms with Crippen LogP contribution < -0.4 is 9.47 Å². The molecular formula is C17H18INO6S. The van der Waals surface area contributed by atoms with Gasteiger partial charge in [0.15, 0.2) is 11.5 Å². The Labute approximate surface area is 169 Å². The Morgan fingerprint density at radius 1 is 1.35 bits per heavy atom. The molecule has 1 atom stereocenters. The average Bonchev–Trinajstić information content (AvgIpc) is 2.87. The zero-order valence-electron chi connectivity index (χ0n) is 14.7. The number of hydrogen-bond acceptors (Lipinski definition) is 7. The maximum absolute atomic E-state index is 12.6. The number of esters is 1. The molecule has 2 rings (SSSR count). The molecule has 1 saturated heterocycles. The van der Waals surface area contributed by atoms with Gasteiger partial charge in [-0.2, -0.15) is 0 Å². The summed E-state index contributed by atoms with van der Waals surface area (Å²) in [6, 6.07) is 2.58. The van der Waals surface area contributed by atoms with E-state index in [-0.39, 0.29) is 4.91 Å². The monoisotopic (exact) mass is 491 g/mol. The summed E-state index contributed by atoms with van der Waals surface area (Å²) < 4.78 is 16.3. The van der Waals surface area contributed by atoms with Crippen LogP contribution in [0.25, 0.3) is 6.08 Å². The fraction of sp³-hybridized carbons (Fsp3) is 0.353. The molecule has 0 bridgehead atoms. The van der Waals surface area contributed by atoms with Gasteiger partial charge in [-0.1, -0.05) is 0 Å². The van der Waals surface area contributed by atoms with E-state index < -0.39 is 23.2 Å². The molecule has 7 nitrogen and oxygen atoms in total. The summed E-state index contributed by atoms with van der Waals surface area (Å²) in [6.45, 7) is 3.77. The van der Waals surface area contributed by atoms with Crippen LogP contribution in [0.4, 0.5) is 4.79 Å². The quantitative estimate of drug-likeness (QED) is 0.343. The third-order valence-corrected chi connectivity index (χ3v) is 5.27. The van der Waals surface area contributed by atoms with Crippen molar-refractivity contribution in [1.82, 2.24) is 4.90 Å². The molecule has 1 aromatic rings. The zero-order chi connectivity index (χ0) is 19.4. The number of methoxy groups -OCH3 is 2. The van der Waals surface area contributed by atoms with Crippen molar-refractivity contribution in [3.8, 4) is 11.5 Å². The minimum Gasteiger partial charge on any atom is -0.492 e. The molecule has 9 heteroatoms. The van der Waals surface area contributed by atoms with E-state index >= 15 is 0 Å². The first kappa shape index (κ1) is 20.6. The van der Waals surface area contributed by atoms with Gasteiger partial charge in [-0.15, -0.1) is 0 Å². The van der Waals surface area contributed by atoms with Crippen molar-refractivity contribution in [2.75, 3.05) is 20.8 Å². The second-order valence-corrected chi connectivity index (χ2v) is 7.37. The fourth-order valence-electron chi connectivity index (χ4n) is 2.37. The second-order valence-electron chi connectivity index (χ2n) is 5.22. The van der Waals surface area contributed by atoms with Gasteiger partial charge in [0.1, 0.15) is 6.04 Å². The summed E-state index contributed by atoms with van der Waals surface area (Å²) in [4.78, 5) is 37.5. The zero-order valence-corrected chi connectivity index (χ0v) is 17.7. The number of nitrogens with zero attached hydrogens (tertiary/aromatic N) is 1. The summed E-state index contributed by atoms with van der Waals surface area (Å²) in [7, 11) is 2.77. The molecule has 1 aliphatic rings. The lowest BCUT2D eigenvalue weighted by molar-refractivity contribution is -0.148. The lowest BCUT2D eigenvalue weighted by Crippen LogP contribution is -2.42. The Kier molecular flexibility index (Phi) is 6.93. The predicted octanol–water partition coefficient (Wildman–Crippen LogP) is 3.30. The molecule has 0 N–H and O–H groups in total. The second kappa shape index (κ2) is 8.76. The van der Waals surface area contributed by atoms with E-state index in [1.807, 2.05) is 13.0 Å². The van der Waals surface area contributed by atoms with E-state index in [9.17, 15) is 14.4 Å². The molecule has 1 aliphatic heterocycles. The van der Waals surface area contributed by atoms with Crippen LogP contribution in [0, 0.1) is 3.57 Å². The van der Waals surface area contributed by atoms with Gasteiger partial charge in [-0.25, -0.2) is 4.79 Å². The Bertz CT molecular complexity index is 779. The third kappa shape index (κ3) is 4.14. The molecule has 140 valence electrons. The Morgan fingerprint density at radius 3 is 2.62 bits per heavy atom. The SMILES string of the molecule is CCOc1cc(/C=C2/SC(=O)N(C(C)C(=O)OC)C2=O)cc(I)c1OC. The normalized spacial score (nSPS) is 16.8. The molecule has 1 heterocycles. The van der Waals surface area contributed by atoms with Crippen LogP contribution >= 0.6 is 34.4 Å². The van der Waals surface area contributed by atoms with Crippen LogP contribution in [0.5, 0.6) is 11.5 Å². The number of carbonyl (C=O) groups excluding carboxylic acids is 3. The smallest absolute Gasteiger partial charge is 0.328 e. The number of halogens is 1. The van der Waals surface area contributed by atoms with Gasteiger partial charge in [0.05, 0.1) is 29.3 Å². The summed E-state index contributed by atoms with van der Waals surface area (Å²) in [5.41, 5.74) is 0.690. The maximum Gasteiger partial charge on any atom is 0.328 e. The van der Waals surface area contributed by atoms with Crippen LogP contribution in [0.3, 0.4) is 0 Å². The van der Waals surface area contributed by atoms with Crippen LogP contribution in [0.1, 0.15) is 19.4 Å². The van der Waals surface area contributed by atoms with Crippen LogP contribution in [0.15, 0.2) is 17.0 Å². The van der Waals surface area contributed by atoms with E-state index in [0.29, 0.717) is 23.7 Å². The molecule has 1 aromatic carbocycles. The first-order valence-electron chi connectivity index (χ1n) is 7.69. The average molecular weight is 491 g/mol. The van der Waals surface area contributed by atoms with E-state index in [1.165, 1.54) is 14.0 Å². The standard InChI is InChI=1S/C17H18INO6S/c1-5-25-12-7-10(6-11(18)14(12)23-3)8-13-15(20)19(17(22)26-13)9(2)16(21)24-4/h6-9H,5H2,1-4H3/b13-8+.